The predicted octanol–water partition coefficient (Wildman–Crippen LogP) is 2.80. The summed E-state index contributed by atoms with van der Waals surface area (Å²) in [5.74, 6) is -0.923. The number of carboxylic acid groups (broad SMARTS) is 1. The number of aliphatic carboxylic acids is 1. The Hall–Kier alpha value is -2.36. The van der Waals surface area contributed by atoms with E-state index < -0.39 is 11.5 Å². The van der Waals surface area contributed by atoms with Crippen molar-refractivity contribution in [2.24, 2.45) is 0 Å². The summed E-state index contributed by atoms with van der Waals surface area (Å²) >= 11 is 0. The van der Waals surface area contributed by atoms with E-state index in [4.69, 9.17) is 0 Å². The Bertz CT molecular complexity index is 584. The maximum atomic E-state index is 11.6. The molecular formula is C15H16N2O2. The number of aromatic nitrogens is 1. The van der Waals surface area contributed by atoms with Crippen LogP contribution in [0, 0.1) is 6.92 Å². The van der Waals surface area contributed by atoms with Crippen molar-refractivity contribution in [3.05, 3.63) is 59.9 Å². The molecule has 0 aliphatic rings. The first-order valence-electron chi connectivity index (χ1n) is 6.02. The third-order valence-electron chi connectivity index (χ3n) is 3.07. The topological polar surface area (TPSA) is 62.2 Å². The van der Waals surface area contributed by atoms with Gasteiger partial charge in [-0.2, -0.15) is 0 Å². The van der Waals surface area contributed by atoms with Crippen molar-refractivity contribution in [2.45, 2.75) is 19.4 Å². The lowest BCUT2D eigenvalue weighted by molar-refractivity contribution is -0.142. The second-order valence-corrected chi connectivity index (χ2v) is 4.61. The van der Waals surface area contributed by atoms with Crippen LogP contribution in [-0.4, -0.2) is 16.1 Å². The highest BCUT2D eigenvalue weighted by Crippen LogP contribution is 2.26. The van der Waals surface area contributed by atoms with E-state index in [1.165, 1.54) is 0 Å². The summed E-state index contributed by atoms with van der Waals surface area (Å²) in [7, 11) is 0. The number of hydrogen-bond donors (Lipinski definition) is 2. The molecule has 1 unspecified atom stereocenters. The van der Waals surface area contributed by atoms with E-state index >= 15 is 0 Å². The summed E-state index contributed by atoms with van der Waals surface area (Å²) < 4.78 is 0. The highest BCUT2D eigenvalue weighted by atomic mass is 16.4. The van der Waals surface area contributed by atoms with Crippen LogP contribution in [-0.2, 0) is 10.3 Å². The van der Waals surface area contributed by atoms with Gasteiger partial charge in [0.1, 0.15) is 0 Å². The summed E-state index contributed by atoms with van der Waals surface area (Å²) in [6.07, 6.45) is 1.66. The first kappa shape index (κ1) is 13.1. The summed E-state index contributed by atoms with van der Waals surface area (Å²) in [6, 6.07) is 12.7. The molecule has 4 nitrogen and oxygen atoms in total. The van der Waals surface area contributed by atoms with E-state index in [-0.39, 0.29) is 0 Å². The van der Waals surface area contributed by atoms with Gasteiger partial charge in [-0.05, 0) is 31.5 Å². The Kier molecular flexibility index (Phi) is 3.51. The van der Waals surface area contributed by atoms with E-state index in [0.29, 0.717) is 5.56 Å². The molecule has 0 saturated carbocycles. The fraction of sp³-hybridized carbons (Fsp3) is 0.200. The third-order valence-corrected chi connectivity index (χ3v) is 3.07. The molecule has 2 rings (SSSR count). The number of benzene rings is 1. The standard InChI is InChI=1S/C15H16N2O2/c1-11-10-13(8-9-16-11)17-15(2,14(18)19)12-6-4-3-5-7-12/h3-10H,1-2H3,(H,16,17)(H,18,19). The number of carboxylic acids is 1. The van der Waals surface area contributed by atoms with Gasteiger partial charge in [0.15, 0.2) is 5.54 Å². The highest BCUT2D eigenvalue weighted by molar-refractivity contribution is 5.84. The van der Waals surface area contributed by atoms with Gasteiger partial charge < -0.3 is 10.4 Å². The van der Waals surface area contributed by atoms with Gasteiger partial charge in [-0.15, -0.1) is 0 Å². The first-order chi connectivity index (χ1) is 9.02. The molecule has 0 saturated heterocycles. The molecule has 0 radical (unpaired) electrons. The number of nitrogens with one attached hydrogen (secondary N) is 1. The molecule has 0 aliphatic heterocycles. The smallest absolute Gasteiger partial charge is 0.333 e. The maximum absolute atomic E-state index is 11.6. The van der Waals surface area contributed by atoms with Gasteiger partial charge in [0, 0.05) is 17.6 Å². The monoisotopic (exact) mass is 256 g/mol. The van der Waals surface area contributed by atoms with Gasteiger partial charge in [-0.25, -0.2) is 4.79 Å². The Morgan fingerprint density at radius 3 is 2.53 bits per heavy atom. The number of carbonyl (C=O) groups is 1. The van der Waals surface area contributed by atoms with Crippen LogP contribution in [0.3, 0.4) is 0 Å². The molecule has 2 N–H and O–H groups in total. The van der Waals surface area contributed by atoms with Crippen LogP contribution in [0.2, 0.25) is 0 Å². The number of aryl methyl sites for hydroxylation is 1. The average molecular weight is 256 g/mol. The predicted molar refractivity (Wildman–Crippen MR) is 74.0 cm³/mol. The molecule has 1 atom stereocenters. The fourth-order valence-corrected chi connectivity index (χ4v) is 1.93. The minimum Gasteiger partial charge on any atom is -0.479 e. The summed E-state index contributed by atoms with van der Waals surface area (Å²) in [5, 5.41) is 12.6. The van der Waals surface area contributed by atoms with Crippen LogP contribution in [0.15, 0.2) is 48.7 Å². The van der Waals surface area contributed by atoms with Crippen molar-refractivity contribution < 1.29 is 9.90 Å². The molecule has 0 bridgehead atoms. The summed E-state index contributed by atoms with van der Waals surface area (Å²) in [6.45, 7) is 3.52. The average Bonchev–Trinajstić information content (AvgIpc) is 2.39. The molecule has 2 aromatic rings. The minimum atomic E-state index is -1.17. The summed E-state index contributed by atoms with van der Waals surface area (Å²) in [4.78, 5) is 15.7. The highest BCUT2D eigenvalue weighted by Gasteiger charge is 2.34. The number of pyridine rings is 1. The maximum Gasteiger partial charge on any atom is 0.333 e. The largest absolute Gasteiger partial charge is 0.479 e. The molecule has 19 heavy (non-hydrogen) atoms. The first-order valence-corrected chi connectivity index (χ1v) is 6.02. The van der Waals surface area contributed by atoms with E-state index in [2.05, 4.69) is 10.3 Å². The van der Waals surface area contributed by atoms with Gasteiger partial charge >= 0.3 is 5.97 Å². The Morgan fingerprint density at radius 2 is 1.95 bits per heavy atom. The molecule has 1 aromatic carbocycles. The van der Waals surface area contributed by atoms with Gasteiger partial charge in [0.2, 0.25) is 0 Å². The molecule has 1 heterocycles. The molecule has 0 fully saturated rings. The van der Waals surface area contributed by atoms with Crippen molar-refractivity contribution in [3.8, 4) is 0 Å². The number of nitrogens with zero attached hydrogens (tertiary/aromatic N) is 1. The van der Waals surface area contributed by atoms with Gasteiger partial charge in [0.25, 0.3) is 0 Å². The van der Waals surface area contributed by atoms with Crippen LogP contribution >= 0.6 is 0 Å². The van der Waals surface area contributed by atoms with Crippen LogP contribution in [0.4, 0.5) is 5.69 Å². The van der Waals surface area contributed by atoms with Crippen molar-refractivity contribution in [1.29, 1.82) is 0 Å². The zero-order valence-electron chi connectivity index (χ0n) is 10.9. The fourth-order valence-electron chi connectivity index (χ4n) is 1.93. The normalized spacial score (nSPS) is 13.6. The lowest BCUT2D eigenvalue weighted by Crippen LogP contribution is -2.40. The van der Waals surface area contributed by atoms with Crippen molar-refractivity contribution in [3.63, 3.8) is 0 Å². The van der Waals surface area contributed by atoms with Crippen LogP contribution in [0.1, 0.15) is 18.2 Å². The van der Waals surface area contributed by atoms with E-state index in [1.807, 2.05) is 31.2 Å². The van der Waals surface area contributed by atoms with Crippen molar-refractivity contribution in [1.82, 2.24) is 4.98 Å². The van der Waals surface area contributed by atoms with Gasteiger partial charge in [-0.1, -0.05) is 30.3 Å². The second kappa shape index (κ2) is 5.10. The molecule has 1 aromatic heterocycles. The Morgan fingerprint density at radius 1 is 1.26 bits per heavy atom. The molecule has 0 aliphatic carbocycles. The number of hydrogen-bond acceptors (Lipinski definition) is 3. The van der Waals surface area contributed by atoms with Gasteiger partial charge in [0.05, 0.1) is 0 Å². The quantitative estimate of drug-likeness (QED) is 0.883. The van der Waals surface area contributed by atoms with Crippen LogP contribution < -0.4 is 5.32 Å². The third kappa shape index (κ3) is 2.73. The Labute approximate surface area is 112 Å². The lowest BCUT2D eigenvalue weighted by atomic mass is 9.92. The molecule has 0 amide bonds. The molecule has 98 valence electrons. The molecule has 0 spiro atoms. The summed E-state index contributed by atoms with van der Waals surface area (Å²) in [5.41, 5.74) is 1.11. The number of rotatable bonds is 4. The van der Waals surface area contributed by atoms with E-state index in [9.17, 15) is 9.90 Å². The van der Waals surface area contributed by atoms with Crippen molar-refractivity contribution in [2.75, 3.05) is 5.32 Å². The lowest BCUT2D eigenvalue weighted by Gasteiger charge is -2.28. The minimum absolute atomic E-state index is 0.706. The van der Waals surface area contributed by atoms with E-state index in [0.717, 1.165) is 11.4 Å². The van der Waals surface area contributed by atoms with Crippen LogP contribution in [0.5, 0.6) is 0 Å². The zero-order valence-corrected chi connectivity index (χ0v) is 10.9. The second-order valence-electron chi connectivity index (χ2n) is 4.61. The number of anilines is 1. The molecule has 4 heteroatoms. The molecular weight excluding hydrogens is 240 g/mol. The Balaban J connectivity index is 2.39. The van der Waals surface area contributed by atoms with E-state index in [1.54, 1.807) is 31.3 Å². The SMILES string of the molecule is Cc1cc(NC(C)(C(=O)O)c2ccccc2)ccn1. The van der Waals surface area contributed by atoms with Gasteiger partial charge in [-0.3, -0.25) is 4.98 Å². The van der Waals surface area contributed by atoms with Crippen molar-refractivity contribution >= 4 is 11.7 Å². The van der Waals surface area contributed by atoms with Crippen LogP contribution in [0.25, 0.3) is 0 Å². The zero-order chi connectivity index (χ0) is 13.9.